The Morgan fingerprint density at radius 1 is 1.25 bits per heavy atom. The maximum Gasteiger partial charge on any atom is 0.173 e. The average Bonchev–Trinajstić information content (AvgIpc) is 2.56. The predicted molar refractivity (Wildman–Crippen MR) is 47.6 cm³/mol. The molecule has 2 heterocycles. The van der Waals surface area contributed by atoms with Crippen molar-refractivity contribution < 1.29 is 0 Å². The van der Waals surface area contributed by atoms with Crippen LogP contribution in [0.4, 0.5) is 5.82 Å². The van der Waals surface area contributed by atoms with Crippen molar-refractivity contribution in [2.24, 2.45) is 0 Å². The molecule has 0 aliphatic heterocycles. The molecule has 0 fully saturated rings. The van der Waals surface area contributed by atoms with Gasteiger partial charge in [-0.1, -0.05) is 0 Å². The maximum atomic E-state index is 5.50. The molecule has 0 aliphatic carbocycles. The first-order valence-corrected chi connectivity index (χ1v) is 4.13. The van der Waals surface area contributed by atoms with Gasteiger partial charge in [0.1, 0.15) is 5.82 Å². The molecule has 0 amide bonds. The summed E-state index contributed by atoms with van der Waals surface area (Å²) in [5.41, 5.74) is 5.50. The van der Waals surface area contributed by atoms with E-state index in [9.17, 15) is 0 Å². The lowest BCUT2D eigenvalue weighted by molar-refractivity contribution is 1.19. The Hall–Kier alpha value is -1.49. The topological polar surface area (TPSA) is 64.7 Å². The number of hydrogen-bond donors (Lipinski definition) is 1. The minimum atomic E-state index is 0.480. The Morgan fingerprint density at radius 3 is 2.83 bits per heavy atom. The summed E-state index contributed by atoms with van der Waals surface area (Å²) in [4.78, 5) is 9.05. The van der Waals surface area contributed by atoms with E-state index in [1.807, 2.05) is 6.07 Å². The lowest BCUT2D eigenvalue weighted by atomic mass is 10.4. The zero-order chi connectivity index (χ0) is 8.39. The highest BCUT2D eigenvalue weighted by Gasteiger charge is 2.01. The molecule has 0 unspecified atom stereocenters. The van der Waals surface area contributed by atoms with Crippen molar-refractivity contribution in [3.05, 3.63) is 24.5 Å². The SMILES string of the molecule is Nc1ccnc(-c2ccns2)n1. The highest BCUT2D eigenvalue weighted by molar-refractivity contribution is 7.09. The monoisotopic (exact) mass is 178 g/mol. The van der Waals surface area contributed by atoms with Gasteiger partial charge in [-0.2, -0.15) is 0 Å². The third-order valence-electron chi connectivity index (χ3n) is 1.34. The third kappa shape index (κ3) is 1.26. The van der Waals surface area contributed by atoms with Crippen LogP contribution in [0.5, 0.6) is 0 Å². The fraction of sp³-hybridized carbons (Fsp3) is 0. The molecule has 0 saturated heterocycles. The summed E-state index contributed by atoms with van der Waals surface area (Å²) in [6, 6.07) is 3.52. The number of rotatable bonds is 1. The van der Waals surface area contributed by atoms with Crippen LogP contribution in [0.25, 0.3) is 10.7 Å². The van der Waals surface area contributed by atoms with Crippen molar-refractivity contribution in [1.29, 1.82) is 0 Å². The van der Waals surface area contributed by atoms with Crippen molar-refractivity contribution in [3.8, 4) is 10.7 Å². The van der Waals surface area contributed by atoms with Crippen molar-refractivity contribution in [3.63, 3.8) is 0 Å². The minimum absolute atomic E-state index is 0.480. The molecule has 2 aromatic heterocycles. The lowest BCUT2D eigenvalue weighted by Crippen LogP contribution is -1.92. The molecule has 5 heteroatoms. The zero-order valence-electron chi connectivity index (χ0n) is 6.14. The van der Waals surface area contributed by atoms with Crippen molar-refractivity contribution in [2.75, 3.05) is 5.73 Å². The first-order valence-electron chi connectivity index (χ1n) is 3.36. The Kier molecular flexibility index (Phi) is 1.71. The van der Waals surface area contributed by atoms with Gasteiger partial charge in [-0.25, -0.2) is 14.3 Å². The van der Waals surface area contributed by atoms with Crippen molar-refractivity contribution in [2.45, 2.75) is 0 Å². The number of nitrogens with zero attached hydrogens (tertiary/aromatic N) is 3. The van der Waals surface area contributed by atoms with Crippen LogP contribution in [0.15, 0.2) is 24.5 Å². The predicted octanol–water partition coefficient (Wildman–Crippen LogP) is 1.18. The minimum Gasteiger partial charge on any atom is -0.384 e. The molecule has 0 aromatic carbocycles. The second kappa shape index (κ2) is 2.86. The van der Waals surface area contributed by atoms with Crippen LogP contribution in [-0.2, 0) is 0 Å². The van der Waals surface area contributed by atoms with E-state index in [1.54, 1.807) is 18.5 Å². The van der Waals surface area contributed by atoms with E-state index in [1.165, 1.54) is 11.5 Å². The largest absolute Gasteiger partial charge is 0.384 e. The third-order valence-corrected chi connectivity index (χ3v) is 2.08. The Balaban J connectivity index is 2.48. The van der Waals surface area contributed by atoms with Crippen LogP contribution in [0.2, 0.25) is 0 Å². The van der Waals surface area contributed by atoms with E-state index >= 15 is 0 Å². The van der Waals surface area contributed by atoms with Gasteiger partial charge in [0.25, 0.3) is 0 Å². The van der Waals surface area contributed by atoms with Gasteiger partial charge in [-0.15, -0.1) is 0 Å². The van der Waals surface area contributed by atoms with Crippen LogP contribution in [0, 0.1) is 0 Å². The van der Waals surface area contributed by atoms with Gasteiger partial charge >= 0.3 is 0 Å². The molecule has 60 valence electrons. The van der Waals surface area contributed by atoms with Crippen LogP contribution in [0.3, 0.4) is 0 Å². The van der Waals surface area contributed by atoms with E-state index in [0.717, 1.165) is 4.88 Å². The molecule has 12 heavy (non-hydrogen) atoms. The molecule has 2 N–H and O–H groups in total. The van der Waals surface area contributed by atoms with Crippen LogP contribution in [-0.4, -0.2) is 14.3 Å². The summed E-state index contributed by atoms with van der Waals surface area (Å²) in [6.45, 7) is 0. The van der Waals surface area contributed by atoms with E-state index in [4.69, 9.17) is 5.73 Å². The number of nitrogens with two attached hydrogens (primary N) is 1. The van der Waals surface area contributed by atoms with E-state index < -0.39 is 0 Å². The first-order chi connectivity index (χ1) is 5.86. The second-order valence-corrected chi connectivity index (χ2v) is 3.02. The smallest absolute Gasteiger partial charge is 0.173 e. The summed E-state index contributed by atoms with van der Waals surface area (Å²) in [5, 5.41) is 0. The highest BCUT2D eigenvalue weighted by atomic mass is 32.1. The quantitative estimate of drug-likeness (QED) is 0.712. The molecular weight excluding hydrogens is 172 g/mol. The summed E-state index contributed by atoms with van der Waals surface area (Å²) in [6.07, 6.45) is 3.35. The first kappa shape index (κ1) is 7.17. The van der Waals surface area contributed by atoms with Crippen LogP contribution < -0.4 is 5.73 Å². The molecule has 0 aliphatic rings. The van der Waals surface area contributed by atoms with Crippen LogP contribution >= 0.6 is 11.5 Å². The molecular formula is C7H6N4S. The van der Waals surface area contributed by atoms with E-state index in [2.05, 4.69) is 14.3 Å². The lowest BCUT2D eigenvalue weighted by Gasteiger charge is -1.94. The molecule has 0 bridgehead atoms. The molecule has 4 nitrogen and oxygen atoms in total. The molecule has 0 radical (unpaired) electrons. The van der Waals surface area contributed by atoms with Crippen molar-refractivity contribution >= 4 is 17.4 Å². The fourth-order valence-corrected chi connectivity index (χ4v) is 1.36. The molecule has 0 saturated carbocycles. The van der Waals surface area contributed by atoms with E-state index in [-0.39, 0.29) is 0 Å². The van der Waals surface area contributed by atoms with Gasteiger partial charge < -0.3 is 5.73 Å². The Bertz CT molecular complexity index is 371. The van der Waals surface area contributed by atoms with E-state index in [0.29, 0.717) is 11.6 Å². The van der Waals surface area contributed by atoms with Gasteiger partial charge in [-0.05, 0) is 23.7 Å². The molecule has 0 atom stereocenters. The normalized spacial score (nSPS) is 10.0. The highest BCUT2D eigenvalue weighted by Crippen LogP contribution is 2.18. The van der Waals surface area contributed by atoms with Gasteiger partial charge in [0.2, 0.25) is 0 Å². The van der Waals surface area contributed by atoms with Gasteiger partial charge in [0.15, 0.2) is 5.82 Å². The second-order valence-electron chi connectivity index (χ2n) is 2.18. The number of nitrogen functional groups attached to an aromatic ring is 1. The number of anilines is 1. The fourth-order valence-electron chi connectivity index (χ4n) is 0.822. The standard InChI is InChI=1S/C7H6N4S/c8-6-2-3-9-7(11-6)5-1-4-10-12-5/h1-4H,(H2,8,9,11). The van der Waals surface area contributed by atoms with Crippen LogP contribution in [0.1, 0.15) is 0 Å². The number of hydrogen-bond acceptors (Lipinski definition) is 5. The molecule has 2 aromatic rings. The van der Waals surface area contributed by atoms with Crippen molar-refractivity contribution in [1.82, 2.24) is 14.3 Å². The average molecular weight is 178 g/mol. The molecule has 0 spiro atoms. The summed E-state index contributed by atoms with van der Waals surface area (Å²) < 4.78 is 3.95. The van der Waals surface area contributed by atoms with Gasteiger partial charge in [-0.3, -0.25) is 0 Å². The number of aromatic nitrogens is 3. The van der Waals surface area contributed by atoms with Gasteiger partial charge in [0.05, 0.1) is 4.88 Å². The zero-order valence-corrected chi connectivity index (χ0v) is 6.95. The Morgan fingerprint density at radius 2 is 2.17 bits per heavy atom. The summed E-state index contributed by atoms with van der Waals surface area (Å²) in [5.74, 6) is 1.12. The summed E-state index contributed by atoms with van der Waals surface area (Å²) in [7, 11) is 0. The Labute approximate surface area is 73.3 Å². The maximum absolute atomic E-state index is 5.50. The molecule has 2 rings (SSSR count). The summed E-state index contributed by atoms with van der Waals surface area (Å²) >= 11 is 1.35. The van der Waals surface area contributed by atoms with Gasteiger partial charge in [0, 0.05) is 12.4 Å².